The molecule has 1 aliphatic rings. The van der Waals surface area contributed by atoms with Crippen molar-refractivity contribution < 1.29 is 4.79 Å². The molecule has 1 atom stereocenters. The zero-order valence-corrected chi connectivity index (χ0v) is 14.3. The van der Waals surface area contributed by atoms with Crippen LogP contribution >= 0.6 is 11.3 Å². The first kappa shape index (κ1) is 15.9. The average molecular weight is 326 g/mol. The van der Waals surface area contributed by atoms with Crippen LogP contribution in [0.4, 0.5) is 0 Å². The Hall–Kier alpha value is -1.94. The summed E-state index contributed by atoms with van der Waals surface area (Å²) in [4.78, 5) is 18.9. The molecule has 1 saturated heterocycles. The van der Waals surface area contributed by atoms with E-state index >= 15 is 0 Å². The van der Waals surface area contributed by atoms with Crippen molar-refractivity contribution in [3.05, 3.63) is 58.1 Å². The van der Waals surface area contributed by atoms with Crippen molar-refractivity contribution in [3.63, 3.8) is 0 Å². The standard InChI is InChI=1S/C19H22N2OS/c1-15-20-17(14-23-15)10-12-19(22)21-13-5-8-18(21)11-9-16-6-3-2-4-7-16/h2-4,6-7,10,12,14,18H,5,8-9,11,13H2,1H3. The lowest BCUT2D eigenvalue weighted by atomic mass is 10.0. The molecule has 23 heavy (non-hydrogen) atoms. The fraction of sp³-hybridized carbons (Fsp3) is 0.368. The van der Waals surface area contributed by atoms with Gasteiger partial charge < -0.3 is 4.90 Å². The van der Waals surface area contributed by atoms with Gasteiger partial charge in [-0.1, -0.05) is 30.3 Å². The van der Waals surface area contributed by atoms with E-state index in [1.807, 2.05) is 29.3 Å². The Morgan fingerprint density at radius 2 is 2.22 bits per heavy atom. The summed E-state index contributed by atoms with van der Waals surface area (Å²) in [7, 11) is 0. The van der Waals surface area contributed by atoms with Crippen LogP contribution in [0, 0.1) is 6.92 Å². The summed E-state index contributed by atoms with van der Waals surface area (Å²) < 4.78 is 0. The zero-order valence-electron chi connectivity index (χ0n) is 13.4. The van der Waals surface area contributed by atoms with Gasteiger partial charge in [0.25, 0.3) is 0 Å². The van der Waals surface area contributed by atoms with Crippen LogP contribution in [-0.4, -0.2) is 28.4 Å². The maximum Gasteiger partial charge on any atom is 0.246 e. The Bertz CT molecular complexity index is 678. The molecular formula is C19H22N2OS. The third-order valence-electron chi connectivity index (χ3n) is 4.30. The first-order valence-corrected chi connectivity index (χ1v) is 9.05. The molecule has 2 heterocycles. The molecule has 0 spiro atoms. The van der Waals surface area contributed by atoms with Crippen molar-refractivity contribution in [1.82, 2.24) is 9.88 Å². The SMILES string of the molecule is Cc1nc(C=CC(=O)N2CCCC2CCc2ccccc2)cs1. The third-order valence-corrected chi connectivity index (χ3v) is 5.09. The molecular weight excluding hydrogens is 304 g/mol. The van der Waals surface area contributed by atoms with E-state index in [9.17, 15) is 4.79 Å². The van der Waals surface area contributed by atoms with Crippen LogP contribution in [0.25, 0.3) is 6.08 Å². The van der Waals surface area contributed by atoms with Crippen molar-refractivity contribution in [2.75, 3.05) is 6.54 Å². The molecule has 0 bridgehead atoms. The van der Waals surface area contributed by atoms with Gasteiger partial charge in [-0.15, -0.1) is 11.3 Å². The minimum Gasteiger partial charge on any atom is -0.336 e. The zero-order chi connectivity index (χ0) is 16.1. The molecule has 0 aliphatic carbocycles. The van der Waals surface area contributed by atoms with E-state index in [4.69, 9.17) is 0 Å². The monoisotopic (exact) mass is 326 g/mol. The van der Waals surface area contributed by atoms with Crippen molar-refractivity contribution in [1.29, 1.82) is 0 Å². The highest BCUT2D eigenvalue weighted by atomic mass is 32.1. The van der Waals surface area contributed by atoms with Gasteiger partial charge in [0, 0.05) is 24.0 Å². The number of likely N-dealkylation sites (tertiary alicyclic amines) is 1. The highest BCUT2D eigenvalue weighted by Gasteiger charge is 2.26. The van der Waals surface area contributed by atoms with E-state index in [0.29, 0.717) is 6.04 Å². The van der Waals surface area contributed by atoms with Gasteiger partial charge >= 0.3 is 0 Å². The number of benzene rings is 1. The van der Waals surface area contributed by atoms with Crippen molar-refractivity contribution in [2.45, 2.75) is 38.6 Å². The van der Waals surface area contributed by atoms with E-state index in [-0.39, 0.29) is 5.91 Å². The summed E-state index contributed by atoms with van der Waals surface area (Å²) in [5.41, 5.74) is 2.22. The predicted octanol–water partition coefficient (Wildman–Crippen LogP) is 4.09. The summed E-state index contributed by atoms with van der Waals surface area (Å²) in [5.74, 6) is 0.117. The van der Waals surface area contributed by atoms with Crippen LogP contribution in [0.1, 0.15) is 35.5 Å². The number of amides is 1. The molecule has 3 nitrogen and oxygen atoms in total. The Labute approximate surface area is 141 Å². The molecule has 4 heteroatoms. The molecule has 1 aromatic heterocycles. The Morgan fingerprint density at radius 3 is 2.96 bits per heavy atom. The summed E-state index contributed by atoms with van der Waals surface area (Å²) in [6, 6.07) is 10.9. The molecule has 0 radical (unpaired) electrons. The molecule has 1 aliphatic heterocycles. The molecule has 1 fully saturated rings. The summed E-state index contributed by atoms with van der Waals surface area (Å²) in [6.07, 6.45) is 7.80. The third kappa shape index (κ3) is 4.29. The lowest BCUT2D eigenvalue weighted by Crippen LogP contribution is -2.34. The van der Waals surface area contributed by atoms with Crippen LogP contribution in [0.3, 0.4) is 0 Å². The number of carbonyl (C=O) groups is 1. The average Bonchev–Trinajstić information content (AvgIpc) is 3.20. The Balaban J connectivity index is 1.57. The quantitative estimate of drug-likeness (QED) is 0.775. The van der Waals surface area contributed by atoms with Crippen LogP contribution in [0.15, 0.2) is 41.8 Å². The molecule has 0 saturated carbocycles. The van der Waals surface area contributed by atoms with Crippen molar-refractivity contribution in [2.24, 2.45) is 0 Å². The molecule has 120 valence electrons. The molecule has 1 amide bonds. The second kappa shape index (κ2) is 7.55. The second-order valence-electron chi connectivity index (χ2n) is 5.98. The number of thiazole rings is 1. The van der Waals surface area contributed by atoms with Gasteiger partial charge in [-0.25, -0.2) is 4.98 Å². The Kier molecular flexibility index (Phi) is 5.23. The number of aromatic nitrogens is 1. The fourth-order valence-electron chi connectivity index (χ4n) is 3.11. The maximum atomic E-state index is 12.5. The number of aryl methyl sites for hydroxylation is 2. The number of hydrogen-bond acceptors (Lipinski definition) is 3. The number of hydrogen-bond donors (Lipinski definition) is 0. The normalized spacial score (nSPS) is 18.0. The fourth-order valence-corrected chi connectivity index (χ4v) is 3.69. The number of carbonyl (C=O) groups excluding carboxylic acids is 1. The van der Waals surface area contributed by atoms with Gasteiger partial charge in [0.2, 0.25) is 5.91 Å². The van der Waals surface area contributed by atoms with Gasteiger partial charge in [0.1, 0.15) is 0 Å². The first-order chi connectivity index (χ1) is 11.2. The van der Waals surface area contributed by atoms with E-state index in [2.05, 4.69) is 29.2 Å². The van der Waals surface area contributed by atoms with E-state index < -0.39 is 0 Å². The van der Waals surface area contributed by atoms with Crippen LogP contribution < -0.4 is 0 Å². The Morgan fingerprint density at radius 1 is 1.39 bits per heavy atom. The lowest BCUT2D eigenvalue weighted by Gasteiger charge is -2.23. The van der Waals surface area contributed by atoms with Crippen LogP contribution in [-0.2, 0) is 11.2 Å². The summed E-state index contributed by atoms with van der Waals surface area (Å²) in [5, 5.41) is 3.01. The lowest BCUT2D eigenvalue weighted by molar-refractivity contribution is -0.126. The molecule has 0 N–H and O–H groups in total. The van der Waals surface area contributed by atoms with Crippen molar-refractivity contribution >= 4 is 23.3 Å². The van der Waals surface area contributed by atoms with Crippen LogP contribution in [0.5, 0.6) is 0 Å². The van der Waals surface area contributed by atoms with Gasteiger partial charge in [-0.2, -0.15) is 0 Å². The van der Waals surface area contributed by atoms with E-state index in [1.165, 1.54) is 5.56 Å². The maximum absolute atomic E-state index is 12.5. The second-order valence-corrected chi connectivity index (χ2v) is 7.04. The summed E-state index contributed by atoms with van der Waals surface area (Å²) in [6.45, 7) is 2.85. The molecule has 2 aromatic rings. The molecule has 1 aromatic carbocycles. The smallest absolute Gasteiger partial charge is 0.246 e. The minimum atomic E-state index is 0.117. The van der Waals surface area contributed by atoms with Gasteiger partial charge in [-0.05, 0) is 44.2 Å². The van der Waals surface area contributed by atoms with Gasteiger partial charge in [0.05, 0.1) is 10.7 Å². The predicted molar refractivity (Wildman–Crippen MR) is 95.4 cm³/mol. The van der Waals surface area contributed by atoms with Crippen LogP contribution in [0.2, 0.25) is 0 Å². The molecule has 1 unspecified atom stereocenters. The van der Waals surface area contributed by atoms with Crippen molar-refractivity contribution in [3.8, 4) is 0 Å². The van der Waals surface area contributed by atoms with E-state index in [1.54, 1.807) is 17.4 Å². The number of rotatable bonds is 5. The minimum absolute atomic E-state index is 0.117. The first-order valence-electron chi connectivity index (χ1n) is 8.17. The topological polar surface area (TPSA) is 33.2 Å². The van der Waals surface area contributed by atoms with Gasteiger partial charge in [-0.3, -0.25) is 4.79 Å². The highest BCUT2D eigenvalue weighted by molar-refractivity contribution is 7.09. The molecule has 3 rings (SSSR count). The largest absolute Gasteiger partial charge is 0.336 e. The number of nitrogens with zero attached hydrogens (tertiary/aromatic N) is 2. The van der Waals surface area contributed by atoms with E-state index in [0.717, 1.165) is 42.9 Å². The highest BCUT2D eigenvalue weighted by Crippen LogP contribution is 2.22. The summed E-state index contributed by atoms with van der Waals surface area (Å²) >= 11 is 1.61. The van der Waals surface area contributed by atoms with Gasteiger partial charge in [0.15, 0.2) is 0 Å².